The minimum atomic E-state index is -4.01. The van der Waals surface area contributed by atoms with Gasteiger partial charge in [-0.2, -0.15) is 19.8 Å². The summed E-state index contributed by atoms with van der Waals surface area (Å²) < 4.78 is 59.2. The highest BCUT2D eigenvalue weighted by atomic mass is 32.2. The van der Waals surface area contributed by atoms with Gasteiger partial charge in [-0.15, -0.1) is 0 Å². The van der Waals surface area contributed by atoms with Gasteiger partial charge in [0.25, 0.3) is 0 Å². The molecule has 0 aromatic carbocycles. The summed E-state index contributed by atoms with van der Waals surface area (Å²) in [6, 6.07) is 2.91. The second-order valence-corrected chi connectivity index (χ2v) is 8.47. The molecule has 1 saturated heterocycles. The molecule has 28 heavy (non-hydrogen) atoms. The van der Waals surface area contributed by atoms with E-state index in [1.807, 2.05) is 6.07 Å². The lowest BCUT2D eigenvalue weighted by Crippen LogP contribution is -2.43. The Bertz CT molecular complexity index is 1200. The number of piperidine rings is 1. The van der Waals surface area contributed by atoms with Crippen molar-refractivity contribution in [1.82, 2.24) is 28.7 Å². The molecular weight excluding hydrogens is 392 g/mol. The first-order valence-corrected chi connectivity index (χ1v) is 9.81. The maximum Gasteiger partial charge on any atom is 0.247 e. The number of halogens is 2. The van der Waals surface area contributed by atoms with Gasteiger partial charge in [0.2, 0.25) is 10.0 Å². The predicted molar refractivity (Wildman–Crippen MR) is 91.6 cm³/mol. The van der Waals surface area contributed by atoms with Crippen molar-refractivity contribution in [3.63, 3.8) is 0 Å². The highest BCUT2D eigenvalue weighted by molar-refractivity contribution is 7.89. The van der Waals surface area contributed by atoms with Crippen LogP contribution >= 0.6 is 0 Å². The van der Waals surface area contributed by atoms with Crippen LogP contribution in [0.2, 0.25) is 0 Å². The highest BCUT2D eigenvalue weighted by Gasteiger charge is 2.42. The van der Waals surface area contributed by atoms with Gasteiger partial charge in [0, 0.05) is 38.0 Å². The van der Waals surface area contributed by atoms with Crippen molar-refractivity contribution in [1.29, 1.82) is 5.26 Å². The molecule has 0 saturated carbocycles. The number of aromatic nitrogens is 5. The van der Waals surface area contributed by atoms with Crippen molar-refractivity contribution < 1.29 is 17.2 Å². The van der Waals surface area contributed by atoms with E-state index < -0.39 is 21.5 Å². The van der Waals surface area contributed by atoms with E-state index in [-0.39, 0.29) is 47.7 Å². The molecule has 3 aromatic rings. The molecule has 3 aromatic heterocycles. The van der Waals surface area contributed by atoms with Crippen LogP contribution in [0.25, 0.3) is 5.65 Å². The molecular formula is C16H15F2N7O2S. The lowest BCUT2D eigenvalue weighted by molar-refractivity contribution is 0.0825. The third-order valence-electron chi connectivity index (χ3n) is 4.99. The molecule has 0 spiro atoms. The van der Waals surface area contributed by atoms with Gasteiger partial charge in [-0.3, -0.25) is 4.68 Å². The summed E-state index contributed by atoms with van der Waals surface area (Å²) in [4.78, 5) is 3.63. The number of aryl methyl sites for hydroxylation is 1. The summed E-state index contributed by atoms with van der Waals surface area (Å²) in [6.07, 6.45) is 3.12. The number of nitrogens with zero attached hydrogens (tertiary/aromatic N) is 7. The van der Waals surface area contributed by atoms with E-state index in [1.165, 1.54) is 28.8 Å². The fourth-order valence-electron chi connectivity index (χ4n) is 3.39. The molecule has 0 unspecified atom stereocenters. The van der Waals surface area contributed by atoms with Gasteiger partial charge in [-0.25, -0.2) is 26.7 Å². The standard InChI is InChI=1S/C16H15F2N7O2S/c1-23-13(7-19)14(8-21-23)28(26,27)24-4-2-16(18,3-5-24)11-9-25-15(6-12(11)17)20-10-22-25/h6,8-10H,2-5H2,1H3. The van der Waals surface area contributed by atoms with Crippen LogP contribution in [0.15, 0.2) is 29.7 Å². The molecule has 0 radical (unpaired) electrons. The first-order chi connectivity index (χ1) is 13.3. The maximum atomic E-state index is 15.5. The van der Waals surface area contributed by atoms with Crippen LogP contribution in [0.4, 0.5) is 8.78 Å². The van der Waals surface area contributed by atoms with Gasteiger partial charge in [-0.05, 0) is 12.8 Å². The van der Waals surface area contributed by atoms with Crippen molar-refractivity contribution in [2.24, 2.45) is 7.05 Å². The Morgan fingerprint density at radius 1 is 1.29 bits per heavy atom. The average molecular weight is 407 g/mol. The SMILES string of the molecule is Cn1ncc(S(=O)(=O)N2CCC(F)(c3cn4ncnc4cc3F)CC2)c1C#N. The first-order valence-electron chi connectivity index (χ1n) is 8.37. The predicted octanol–water partition coefficient (Wildman–Crippen LogP) is 1.12. The van der Waals surface area contributed by atoms with E-state index >= 15 is 4.39 Å². The Balaban J connectivity index is 1.61. The second kappa shape index (κ2) is 6.32. The number of pyridine rings is 1. The van der Waals surface area contributed by atoms with Crippen LogP contribution in [0, 0.1) is 17.1 Å². The van der Waals surface area contributed by atoms with Crippen LogP contribution in [0.1, 0.15) is 24.1 Å². The van der Waals surface area contributed by atoms with Gasteiger partial charge < -0.3 is 0 Å². The minimum absolute atomic E-state index is 0.0974. The van der Waals surface area contributed by atoms with E-state index in [0.717, 1.165) is 16.6 Å². The number of nitriles is 1. The fourth-order valence-corrected chi connectivity index (χ4v) is 4.93. The number of hydrogen-bond donors (Lipinski definition) is 0. The van der Waals surface area contributed by atoms with E-state index in [2.05, 4.69) is 15.2 Å². The van der Waals surface area contributed by atoms with Gasteiger partial charge in [0.15, 0.2) is 11.3 Å². The molecule has 1 aliphatic heterocycles. The van der Waals surface area contributed by atoms with Gasteiger partial charge in [0.1, 0.15) is 28.8 Å². The minimum Gasteiger partial charge on any atom is -0.257 e. The Morgan fingerprint density at radius 2 is 2.00 bits per heavy atom. The number of hydrogen-bond acceptors (Lipinski definition) is 6. The van der Waals surface area contributed by atoms with E-state index in [9.17, 15) is 18.1 Å². The molecule has 9 nitrogen and oxygen atoms in total. The second-order valence-electron chi connectivity index (χ2n) is 6.56. The summed E-state index contributed by atoms with van der Waals surface area (Å²) in [5.41, 5.74) is -2.06. The normalized spacial score (nSPS) is 17.6. The lowest BCUT2D eigenvalue weighted by atomic mass is 9.87. The first kappa shape index (κ1) is 18.5. The van der Waals surface area contributed by atoms with E-state index in [0.29, 0.717) is 0 Å². The van der Waals surface area contributed by atoms with Crippen molar-refractivity contribution in [2.45, 2.75) is 23.4 Å². The highest BCUT2D eigenvalue weighted by Crippen LogP contribution is 2.39. The zero-order chi connectivity index (χ0) is 20.1. The van der Waals surface area contributed by atoms with E-state index in [4.69, 9.17) is 0 Å². The molecule has 12 heteroatoms. The Labute approximate surface area is 158 Å². The van der Waals surface area contributed by atoms with Crippen molar-refractivity contribution >= 4 is 15.7 Å². The molecule has 4 heterocycles. The summed E-state index contributed by atoms with van der Waals surface area (Å²) in [5, 5.41) is 16.9. The summed E-state index contributed by atoms with van der Waals surface area (Å²) in [7, 11) is -2.55. The molecule has 1 fully saturated rings. The lowest BCUT2D eigenvalue weighted by Gasteiger charge is -2.35. The molecule has 4 rings (SSSR count). The molecule has 0 bridgehead atoms. The number of sulfonamides is 1. The Morgan fingerprint density at radius 3 is 2.68 bits per heavy atom. The molecule has 146 valence electrons. The van der Waals surface area contributed by atoms with Gasteiger partial charge in [-0.1, -0.05) is 0 Å². The fraction of sp³-hybridized carbons (Fsp3) is 0.375. The molecule has 0 atom stereocenters. The zero-order valence-corrected chi connectivity index (χ0v) is 15.6. The molecule has 1 aliphatic rings. The largest absolute Gasteiger partial charge is 0.257 e. The third-order valence-corrected chi connectivity index (χ3v) is 6.89. The molecule has 0 N–H and O–H groups in total. The Hall–Kier alpha value is -2.91. The number of rotatable bonds is 3. The van der Waals surface area contributed by atoms with Crippen LogP contribution in [-0.4, -0.2) is 50.2 Å². The van der Waals surface area contributed by atoms with E-state index in [1.54, 1.807) is 0 Å². The van der Waals surface area contributed by atoms with Crippen molar-refractivity contribution in [3.05, 3.63) is 41.9 Å². The smallest absolute Gasteiger partial charge is 0.247 e. The van der Waals surface area contributed by atoms with Gasteiger partial charge in [0.05, 0.1) is 6.20 Å². The molecule has 0 amide bonds. The number of fused-ring (bicyclic) bond motifs is 1. The zero-order valence-electron chi connectivity index (χ0n) is 14.7. The average Bonchev–Trinajstić information content (AvgIpc) is 3.27. The van der Waals surface area contributed by atoms with Gasteiger partial charge >= 0.3 is 0 Å². The topological polar surface area (TPSA) is 109 Å². The van der Waals surface area contributed by atoms with Crippen molar-refractivity contribution in [3.8, 4) is 6.07 Å². The molecule has 0 aliphatic carbocycles. The monoisotopic (exact) mass is 407 g/mol. The van der Waals surface area contributed by atoms with Crippen LogP contribution in [0.3, 0.4) is 0 Å². The maximum absolute atomic E-state index is 15.5. The Kier molecular flexibility index (Phi) is 4.16. The van der Waals surface area contributed by atoms with Crippen LogP contribution in [0.5, 0.6) is 0 Å². The summed E-state index contributed by atoms with van der Waals surface area (Å²) >= 11 is 0. The quantitative estimate of drug-likeness (QED) is 0.644. The van der Waals surface area contributed by atoms with Crippen molar-refractivity contribution in [2.75, 3.05) is 13.1 Å². The third kappa shape index (κ3) is 2.74. The summed E-state index contributed by atoms with van der Waals surface area (Å²) in [6.45, 7) is -0.319. The number of alkyl halides is 1. The summed E-state index contributed by atoms with van der Waals surface area (Å²) in [5.74, 6) is -0.752. The van der Waals surface area contributed by atoms with Crippen LogP contribution in [-0.2, 0) is 22.7 Å². The van der Waals surface area contributed by atoms with Crippen LogP contribution < -0.4 is 0 Å².